The van der Waals surface area contributed by atoms with Crippen LogP contribution in [0.25, 0.3) is 0 Å². The number of hydrogen-bond acceptors (Lipinski definition) is 7. The summed E-state index contributed by atoms with van der Waals surface area (Å²) in [6, 6.07) is 5.45. The van der Waals surface area contributed by atoms with Crippen molar-refractivity contribution < 1.29 is 14.3 Å². The van der Waals surface area contributed by atoms with Gasteiger partial charge in [0.05, 0.1) is 13.2 Å². The first-order valence-electron chi connectivity index (χ1n) is 9.19. The molecule has 0 bridgehead atoms. The molecular formula is C19H30N4O3S. The molecule has 1 amide bonds. The first-order chi connectivity index (χ1) is 12.9. The zero-order chi connectivity index (χ0) is 20.0. The molecule has 0 spiro atoms. The fraction of sp³-hybridized carbons (Fsp3) is 0.579. The van der Waals surface area contributed by atoms with Crippen molar-refractivity contribution in [3.63, 3.8) is 0 Å². The second kappa shape index (κ2) is 10.1. The molecule has 8 heteroatoms. The van der Waals surface area contributed by atoms with Crippen LogP contribution in [-0.4, -0.2) is 70.2 Å². The summed E-state index contributed by atoms with van der Waals surface area (Å²) < 4.78 is 8.04. The summed E-state index contributed by atoms with van der Waals surface area (Å²) in [5, 5.41) is 2.99. The number of carbonyl (C=O) groups excluding carboxylic acids is 2. The van der Waals surface area contributed by atoms with Gasteiger partial charge >= 0.3 is 5.97 Å². The predicted molar refractivity (Wildman–Crippen MR) is 109 cm³/mol. The van der Waals surface area contributed by atoms with Crippen molar-refractivity contribution >= 4 is 29.5 Å². The largest absolute Gasteiger partial charge is 0.468 e. The molecule has 2 atom stereocenters. The van der Waals surface area contributed by atoms with Crippen molar-refractivity contribution in [3.8, 4) is 0 Å². The Kier molecular flexibility index (Phi) is 8.09. The van der Waals surface area contributed by atoms with E-state index in [0.29, 0.717) is 6.54 Å². The highest BCUT2D eigenvalue weighted by molar-refractivity contribution is 7.97. The summed E-state index contributed by atoms with van der Waals surface area (Å²) in [5.74, 6) is -0.165. The van der Waals surface area contributed by atoms with Crippen molar-refractivity contribution in [3.05, 3.63) is 23.8 Å². The number of benzene rings is 1. The van der Waals surface area contributed by atoms with Crippen molar-refractivity contribution in [2.75, 3.05) is 46.2 Å². The van der Waals surface area contributed by atoms with E-state index in [9.17, 15) is 9.59 Å². The van der Waals surface area contributed by atoms with E-state index in [4.69, 9.17) is 4.74 Å². The molecule has 1 saturated heterocycles. The Morgan fingerprint density at radius 3 is 2.74 bits per heavy atom. The van der Waals surface area contributed by atoms with Crippen molar-refractivity contribution in [1.29, 1.82) is 0 Å². The third-order valence-electron chi connectivity index (χ3n) is 4.76. The first-order valence-corrected chi connectivity index (χ1v) is 10.0. The third kappa shape index (κ3) is 5.01. The Morgan fingerprint density at radius 2 is 2.19 bits per heavy atom. The number of ether oxygens (including phenoxy) is 1. The van der Waals surface area contributed by atoms with E-state index in [1.807, 2.05) is 42.1 Å². The molecule has 0 aromatic heterocycles. The number of rotatable bonds is 9. The van der Waals surface area contributed by atoms with E-state index in [1.165, 1.54) is 19.1 Å². The molecule has 0 unspecified atom stereocenters. The van der Waals surface area contributed by atoms with Gasteiger partial charge in [-0.3, -0.25) is 14.5 Å². The molecule has 1 heterocycles. The fourth-order valence-electron chi connectivity index (χ4n) is 3.30. The maximum Gasteiger partial charge on any atom is 0.325 e. The highest BCUT2D eigenvalue weighted by Crippen LogP contribution is 2.33. The highest BCUT2D eigenvalue weighted by Gasteiger charge is 2.35. The number of amides is 1. The zero-order valence-electron chi connectivity index (χ0n) is 16.7. The van der Waals surface area contributed by atoms with Gasteiger partial charge in [-0.1, -0.05) is 13.0 Å². The molecule has 1 aromatic rings. The number of likely N-dealkylation sites (N-methyl/N-ethyl adjacent to an activating group) is 2. The maximum atomic E-state index is 12.8. The third-order valence-corrected chi connectivity index (χ3v) is 5.76. The van der Waals surface area contributed by atoms with Crippen LogP contribution in [0.15, 0.2) is 23.1 Å². The molecule has 1 aliphatic rings. The Balaban J connectivity index is 2.21. The predicted octanol–water partition coefficient (Wildman–Crippen LogP) is 1.27. The van der Waals surface area contributed by atoms with Gasteiger partial charge < -0.3 is 15.0 Å². The van der Waals surface area contributed by atoms with E-state index in [-0.39, 0.29) is 17.9 Å². The van der Waals surface area contributed by atoms with Crippen LogP contribution in [0, 0.1) is 0 Å². The van der Waals surface area contributed by atoms with Crippen molar-refractivity contribution in [2.45, 2.75) is 36.7 Å². The number of nitrogens with zero attached hydrogens (tertiary/aromatic N) is 2. The number of anilines is 1. The van der Waals surface area contributed by atoms with Gasteiger partial charge in [-0.25, -0.2) is 4.72 Å². The summed E-state index contributed by atoms with van der Waals surface area (Å²) in [6.07, 6.45) is 1.63. The lowest BCUT2D eigenvalue weighted by molar-refractivity contribution is -0.142. The summed E-state index contributed by atoms with van der Waals surface area (Å²) >= 11 is 1.41. The summed E-state index contributed by atoms with van der Waals surface area (Å²) in [4.78, 5) is 29.6. The van der Waals surface area contributed by atoms with Gasteiger partial charge in [0.1, 0.15) is 6.04 Å². The van der Waals surface area contributed by atoms with Gasteiger partial charge in [0.2, 0.25) is 5.91 Å². The monoisotopic (exact) mass is 394 g/mol. The maximum absolute atomic E-state index is 12.8. The average Bonchev–Trinajstić information content (AvgIpc) is 3.05. The molecule has 0 radical (unpaired) electrons. The van der Waals surface area contributed by atoms with Gasteiger partial charge in [-0.05, 0) is 63.6 Å². The summed E-state index contributed by atoms with van der Waals surface area (Å²) in [6.45, 7) is 3.27. The van der Waals surface area contributed by atoms with Crippen LogP contribution in [0.3, 0.4) is 0 Å². The Labute approximate surface area is 165 Å². The van der Waals surface area contributed by atoms with E-state index in [1.54, 1.807) is 7.05 Å². The molecule has 1 fully saturated rings. The minimum atomic E-state index is -0.454. The minimum absolute atomic E-state index is 0.0662. The lowest BCUT2D eigenvalue weighted by Crippen LogP contribution is -2.41. The Bertz CT molecular complexity index is 668. The van der Waals surface area contributed by atoms with E-state index >= 15 is 0 Å². The smallest absolute Gasteiger partial charge is 0.325 e. The van der Waals surface area contributed by atoms with Gasteiger partial charge in [-0.15, -0.1) is 0 Å². The van der Waals surface area contributed by atoms with Gasteiger partial charge in [0.15, 0.2) is 0 Å². The molecule has 7 nitrogen and oxygen atoms in total. The first kappa shape index (κ1) is 21.7. The van der Waals surface area contributed by atoms with Gasteiger partial charge in [-0.2, -0.15) is 0 Å². The van der Waals surface area contributed by atoms with Crippen LogP contribution in [0.1, 0.15) is 18.9 Å². The minimum Gasteiger partial charge on any atom is -0.468 e. The Morgan fingerprint density at radius 1 is 1.44 bits per heavy atom. The lowest BCUT2D eigenvalue weighted by atomic mass is 10.1. The average molecular weight is 395 g/mol. The number of hydrogen-bond donors (Lipinski definition) is 2. The van der Waals surface area contributed by atoms with Gasteiger partial charge in [0.25, 0.3) is 0 Å². The van der Waals surface area contributed by atoms with E-state index in [2.05, 4.69) is 17.0 Å². The Hall–Kier alpha value is -1.61. The number of carbonyl (C=O) groups is 2. The van der Waals surface area contributed by atoms with Crippen LogP contribution in [0.2, 0.25) is 0 Å². The topological polar surface area (TPSA) is 73.9 Å². The van der Waals surface area contributed by atoms with Crippen molar-refractivity contribution in [2.24, 2.45) is 0 Å². The number of methoxy groups -OCH3 is 1. The zero-order valence-corrected chi connectivity index (χ0v) is 17.6. The molecule has 2 N–H and O–H groups in total. The molecular weight excluding hydrogens is 364 g/mol. The van der Waals surface area contributed by atoms with Crippen LogP contribution in [0.5, 0.6) is 0 Å². The molecule has 0 saturated carbocycles. The number of nitrogens with one attached hydrogen (secondary N) is 2. The summed E-state index contributed by atoms with van der Waals surface area (Å²) in [7, 11) is 7.06. The van der Waals surface area contributed by atoms with Crippen LogP contribution < -0.4 is 14.9 Å². The normalized spacial score (nSPS) is 18.2. The quantitative estimate of drug-likeness (QED) is 0.483. The second-order valence-electron chi connectivity index (χ2n) is 6.72. The van der Waals surface area contributed by atoms with Crippen LogP contribution in [-0.2, 0) is 20.7 Å². The molecule has 1 aromatic carbocycles. The van der Waals surface area contributed by atoms with Crippen LogP contribution >= 0.6 is 11.9 Å². The van der Waals surface area contributed by atoms with Crippen molar-refractivity contribution in [1.82, 2.24) is 14.9 Å². The molecule has 0 aliphatic carbocycles. The number of esters is 1. The standard InChI is InChI=1S/C19H30N4O3S/c1-6-13-15(23-11-10-16(18(23)24)22(3)4)8-7-9-17(13)27-21-14(12-20-2)19(25)26-5/h7-9,14,16,20-21H,6,10-12H2,1-5H3/t14-,16-/m0/s1. The fourth-order valence-corrected chi connectivity index (χ4v) is 4.26. The summed E-state index contributed by atoms with van der Waals surface area (Å²) in [5.41, 5.74) is 2.07. The molecule has 2 rings (SSSR count). The second-order valence-corrected chi connectivity index (χ2v) is 7.60. The SMILES string of the molecule is CCc1c(SN[C@@H](CNC)C(=O)OC)cccc1N1CC[C@H](N(C)C)C1=O. The van der Waals surface area contributed by atoms with Crippen LogP contribution in [0.4, 0.5) is 5.69 Å². The molecule has 27 heavy (non-hydrogen) atoms. The molecule has 150 valence electrons. The van der Waals surface area contributed by atoms with E-state index < -0.39 is 6.04 Å². The highest BCUT2D eigenvalue weighted by atomic mass is 32.2. The van der Waals surface area contributed by atoms with E-state index in [0.717, 1.165) is 35.5 Å². The van der Waals surface area contributed by atoms with Gasteiger partial charge in [0, 0.05) is 23.7 Å². The lowest BCUT2D eigenvalue weighted by Gasteiger charge is -2.24. The molecule has 1 aliphatic heterocycles.